The number of benzene rings is 2. The van der Waals surface area contributed by atoms with Crippen LogP contribution in [0.5, 0.6) is 0 Å². The van der Waals surface area contributed by atoms with E-state index >= 15 is 0 Å². The molecule has 1 fully saturated rings. The van der Waals surface area contributed by atoms with Crippen LogP contribution in [0.4, 0.5) is 0 Å². The summed E-state index contributed by atoms with van der Waals surface area (Å²) in [5.41, 5.74) is 2.61. The predicted octanol–water partition coefficient (Wildman–Crippen LogP) is 4.14. The van der Waals surface area contributed by atoms with E-state index in [1.165, 1.54) is 6.26 Å². The number of amides is 1. The Bertz CT molecular complexity index is 1190. The van der Waals surface area contributed by atoms with Crippen LogP contribution in [0.1, 0.15) is 32.5 Å². The number of hydrogen-bond acceptors (Lipinski definition) is 4. The van der Waals surface area contributed by atoms with Gasteiger partial charge < -0.3 is 14.3 Å². The standard InChI is InChI=1S/C25H23N3O3/c29-24(20-17-26-21-10-5-4-9-19(20)21)23(18-7-2-1-3-8-18)27-12-14-28(15-13-27)25(30)22-11-6-16-31-22/h1-11,16-17,23,26H,12-15H2. The predicted molar refractivity (Wildman–Crippen MR) is 118 cm³/mol. The number of furan rings is 1. The molecule has 5 rings (SSSR count). The smallest absolute Gasteiger partial charge is 0.289 e. The van der Waals surface area contributed by atoms with Gasteiger partial charge in [-0.1, -0.05) is 48.5 Å². The number of piperazine rings is 1. The third-order valence-corrected chi connectivity index (χ3v) is 5.92. The summed E-state index contributed by atoms with van der Waals surface area (Å²) in [7, 11) is 0. The molecule has 0 aliphatic carbocycles. The maximum atomic E-state index is 13.8. The number of aromatic nitrogens is 1. The molecule has 31 heavy (non-hydrogen) atoms. The maximum absolute atomic E-state index is 13.8. The van der Waals surface area contributed by atoms with Crippen molar-refractivity contribution in [3.8, 4) is 0 Å². The highest BCUT2D eigenvalue weighted by molar-refractivity contribution is 6.10. The average molecular weight is 413 g/mol. The molecule has 1 saturated heterocycles. The zero-order valence-electron chi connectivity index (χ0n) is 17.0. The summed E-state index contributed by atoms with van der Waals surface area (Å²) < 4.78 is 5.26. The van der Waals surface area contributed by atoms with Crippen molar-refractivity contribution in [1.29, 1.82) is 0 Å². The van der Waals surface area contributed by atoms with Crippen molar-refractivity contribution < 1.29 is 14.0 Å². The monoisotopic (exact) mass is 413 g/mol. The van der Waals surface area contributed by atoms with Crippen molar-refractivity contribution in [3.05, 3.63) is 96.1 Å². The van der Waals surface area contributed by atoms with Gasteiger partial charge in [0.05, 0.1) is 12.3 Å². The topological polar surface area (TPSA) is 69.6 Å². The Morgan fingerprint density at radius 3 is 2.35 bits per heavy atom. The Morgan fingerprint density at radius 1 is 0.871 bits per heavy atom. The van der Waals surface area contributed by atoms with E-state index in [-0.39, 0.29) is 11.7 Å². The lowest BCUT2D eigenvalue weighted by molar-refractivity contribution is 0.0510. The molecule has 1 aliphatic rings. The Kier molecular flexibility index (Phi) is 5.14. The fraction of sp³-hybridized carbons (Fsp3) is 0.200. The highest BCUT2D eigenvalue weighted by Gasteiger charge is 2.33. The zero-order valence-corrected chi connectivity index (χ0v) is 17.0. The SMILES string of the molecule is O=C(c1c[nH]c2ccccc12)C(c1ccccc1)N1CCN(C(=O)c2ccco2)CC1. The molecule has 4 aromatic rings. The van der Waals surface area contributed by atoms with Crippen LogP contribution in [0.2, 0.25) is 0 Å². The molecule has 0 saturated carbocycles. The van der Waals surface area contributed by atoms with E-state index < -0.39 is 6.04 Å². The van der Waals surface area contributed by atoms with Crippen LogP contribution in [-0.2, 0) is 0 Å². The van der Waals surface area contributed by atoms with Crippen LogP contribution < -0.4 is 0 Å². The molecule has 0 spiro atoms. The van der Waals surface area contributed by atoms with Crippen LogP contribution in [0.25, 0.3) is 10.9 Å². The first kappa shape index (κ1) is 19.3. The van der Waals surface area contributed by atoms with E-state index in [1.807, 2.05) is 54.6 Å². The van der Waals surface area contributed by atoms with Gasteiger partial charge in [0.1, 0.15) is 0 Å². The Labute approximate surface area is 180 Å². The molecule has 1 aliphatic heterocycles. The van der Waals surface area contributed by atoms with Crippen LogP contribution in [0.3, 0.4) is 0 Å². The van der Waals surface area contributed by atoms with E-state index in [9.17, 15) is 9.59 Å². The minimum absolute atomic E-state index is 0.0643. The highest BCUT2D eigenvalue weighted by atomic mass is 16.3. The second-order valence-corrected chi connectivity index (χ2v) is 7.73. The van der Waals surface area contributed by atoms with Crippen molar-refractivity contribution >= 4 is 22.6 Å². The van der Waals surface area contributed by atoms with Crippen molar-refractivity contribution in [3.63, 3.8) is 0 Å². The molecule has 2 aromatic heterocycles. The van der Waals surface area contributed by atoms with Gasteiger partial charge in [-0.05, 0) is 23.8 Å². The number of nitrogens with one attached hydrogen (secondary N) is 1. The van der Waals surface area contributed by atoms with E-state index in [0.717, 1.165) is 16.5 Å². The first-order valence-corrected chi connectivity index (χ1v) is 10.4. The molecule has 1 amide bonds. The van der Waals surface area contributed by atoms with Crippen molar-refractivity contribution in [1.82, 2.24) is 14.8 Å². The lowest BCUT2D eigenvalue weighted by atomic mass is 9.95. The number of Topliss-reactive ketones (excluding diaryl/α,β-unsaturated/α-hetero) is 1. The summed E-state index contributed by atoms with van der Waals surface area (Å²) in [5.74, 6) is 0.307. The number of nitrogens with zero attached hydrogens (tertiary/aromatic N) is 2. The number of carbonyl (C=O) groups excluding carboxylic acids is 2. The van der Waals surface area contributed by atoms with Gasteiger partial charge in [-0.3, -0.25) is 14.5 Å². The fourth-order valence-corrected chi connectivity index (χ4v) is 4.33. The molecule has 0 bridgehead atoms. The summed E-state index contributed by atoms with van der Waals surface area (Å²) >= 11 is 0. The number of rotatable bonds is 5. The molecule has 2 aromatic carbocycles. The molecular weight excluding hydrogens is 390 g/mol. The molecule has 0 radical (unpaired) electrons. The van der Waals surface area contributed by atoms with E-state index in [0.29, 0.717) is 37.5 Å². The van der Waals surface area contributed by atoms with E-state index in [4.69, 9.17) is 4.42 Å². The minimum atomic E-state index is -0.402. The van der Waals surface area contributed by atoms with E-state index in [2.05, 4.69) is 9.88 Å². The minimum Gasteiger partial charge on any atom is -0.459 e. The summed E-state index contributed by atoms with van der Waals surface area (Å²) in [4.78, 5) is 33.6. The second kappa shape index (κ2) is 8.24. The number of hydrogen-bond donors (Lipinski definition) is 1. The molecule has 1 unspecified atom stereocenters. The van der Waals surface area contributed by atoms with Crippen LogP contribution >= 0.6 is 0 Å². The van der Waals surface area contributed by atoms with Gasteiger partial charge >= 0.3 is 0 Å². The number of carbonyl (C=O) groups is 2. The van der Waals surface area contributed by atoms with Crippen LogP contribution in [0.15, 0.2) is 83.6 Å². The molecule has 3 heterocycles. The largest absolute Gasteiger partial charge is 0.459 e. The number of H-pyrrole nitrogens is 1. The van der Waals surface area contributed by atoms with Crippen LogP contribution in [-0.4, -0.2) is 52.7 Å². The fourth-order valence-electron chi connectivity index (χ4n) is 4.33. The molecule has 6 nitrogen and oxygen atoms in total. The van der Waals surface area contributed by atoms with Gasteiger partial charge in [-0.15, -0.1) is 0 Å². The van der Waals surface area contributed by atoms with Crippen molar-refractivity contribution in [2.24, 2.45) is 0 Å². The quantitative estimate of drug-likeness (QED) is 0.499. The Balaban J connectivity index is 1.41. The highest BCUT2D eigenvalue weighted by Crippen LogP contribution is 2.30. The molecule has 1 N–H and O–H groups in total. The Morgan fingerprint density at radius 2 is 1.61 bits per heavy atom. The van der Waals surface area contributed by atoms with Crippen molar-refractivity contribution in [2.75, 3.05) is 26.2 Å². The second-order valence-electron chi connectivity index (χ2n) is 7.73. The number of aromatic amines is 1. The third-order valence-electron chi connectivity index (χ3n) is 5.92. The van der Waals surface area contributed by atoms with Gasteiger partial charge in [0.2, 0.25) is 0 Å². The lowest BCUT2D eigenvalue weighted by Gasteiger charge is -2.38. The number of ketones is 1. The number of fused-ring (bicyclic) bond motifs is 1. The molecular formula is C25H23N3O3. The average Bonchev–Trinajstić information content (AvgIpc) is 3.50. The first-order chi connectivity index (χ1) is 15.2. The lowest BCUT2D eigenvalue weighted by Crippen LogP contribution is -2.51. The van der Waals surface area contributed by atoms with Gasteiger partial charge in [-0.2, -0.15) is 0 Å². The van der Waals surface area contributed by atoms with Crippen molar-refractivity contribution in [2.45, 2.75) is 6.04 Å². The van der Waals surface area contributed by atoms with Crippen LogP contribution in [0, 0.1) is 0 Å². The summed E-state index contributed by atoms with van der Waals surface area (Å²) in [6.07, 6.45) is 3.31. The maximum Gasteiger partial charge on any atom is 0.289 e. The first-order valence-electron chi connectivity index (χ1n) is 10.4. The summed E-state index contributed by atoms with van der Waals surface area (Å²) in [6, 6.07) is 20.7. The summed E-state index contributed by atoms with van der Waals surface area (Å²) in [6.45, 7) is 2.31. The van der Waals surface area contributed by atoms with Gasteiger partial charge in [0, 0.05) is 48.8 Å². The summed E-state index contributed by atoms with van der Waals surface area (Å²) in [5, 5.41) is 0.931. The normalized spacial score (nSPS) is 15.8. The number of para-hydroxylation sites is 1. The molecule has 1 atom stereocenters. The van der Waals surface area contributed by atoms with Gasteiger partial charge in [-0.25, -0.2) is 0 Å². The molecule has 6 heteroatoms. The Hall–Kier alpha value is -3.64. The molecule has 156 valence electrons. The third kappa shape index (κ3) is 3.66. The van der Waals surface area contributed by atoms with Gasteiger partial charge in [0.15, 0.2) is 11.5 Å². The van der Waals surface area contributed by atoms with E-state index in [1.54, 1.807) is 23.2 Å². The zero-order chi connectivity index (χ0) is 21.2. The van der Waals surface area contributed by atoms with Gasteiger partial charge in [0.25, 0.3) is 5.91 Å².